The van der Waals surface area contributed by atoms with E-state index < -0.39 is 22.8 Å². The summed E-state index contributed by atoms with van der Waals surface area (Å²) < 4.78 is 11.2. The number of nitro groups is 1. The highest BCUT2D eigenvalue weighted by atomic mass is 79.9. The summed E-state index contributed by atoms with van der Waals surface area (Å²) >= 11 is 3.31. The molecule has 0 aliphatic carbocycles. The van der Waals surface area contributed by atoms with Crippen LogP contribution in [0.2, 0.25) is 0 Å². The molecule has 0 aliphatic rings. The van der Waals surface area contributed by atoms with Crippen molar-refractivity contribution in [1.29, 1.82) is 0 Å². The fraction of sp³-hybridized carbons (Fsp3) is 0.143. The Morgan fingerprint density at radius 1 is 1.48 bits per heavy atom. The predicted molar refractivity (Wildman–Crippen MR) is 85.3 cm³/mol. The zero-order chi connectivity index (χ0) is 16.8. The number of carbonyl (C=O) groups is 1. The lowest BCUT2D eigenvalue weighted by Gasteiger charge is -2.12. The minimum absolute atomic E-state index is 0.151. The van der Waals surface area contributed by atoms with E-state index in [9.17, 15) is 14.9 Å². The first-order valence-electron chi connectivity index (χ1n) is 6.45. The molecule has 0 fully saturated rings. The Morgan fingerprint density at radius 2 is 2.26 bits per heavy atom. The van der Waals surface area contributed by atoms with Crippen LogP contribution in [0, 0.1) is 10.1 Å². The van der Waals surface area contributed by atoms with Gasteiger partial charge in [-0.1, -0.05) is 22.0 Å². The minimum atomic E-state index is -0.771. The van der Waals surface area contributed by atoms with Gasteiger partial charge in [0, 0.05) is 4.47 Å². The Kier molecular flexibility index (Phi) is 5.47. The van der Waals surface area contributed by atoms with Crippen molar-refractivity contribution in [2.75, 3.05) is 0 Å². The van der Waals surface area contributed by atoms with Crippen LogP contribution in [0.25, 0.3) is 0 Å². The Balaban J connectivity index is 1.88. The first-order chi connectivity index (χ1) is 11.0. The van der Waals surface area contributed by atoms with Crippen molar-refractivity contribution in [3.05, 3.63) is 56.7 Å². The second-order valence-electron chi connectivity index (χ2n) is 4.38. The zero-order valence-electron chi connectivity index (χ0n) is 11.9. The number of amides is 1. The van der Waals surface area contributed by atoms with Crippen LogP contribution in [0.5, 0.6) is 5.75 Å². The summed E-state index contributed by atoms with van der Waals surface area (Å²) in [5.74, 6) is -0.184. The van der Waals surface area contributed by atoms with Gasteiger partial charge in [0.15, 0.2) is 11.9 Å². The molecule has 0 saturated carbocycles. The summed E-state index contributed by atoms with van der Waals surface area (Å²) in [5, 5.41) is 14.1. The predicted octanol–water partition coefficient (Wildman–Crippen LogP) is 2.87. The number of nitrogens with one attached hydrogen (secondary N) is 1. The van der Waals surface area contributed by atoms with Crippen LogP contribution in [0.4, 0.5) is 5.88 Å². The van der Waals surface area contributed by atoms with Crippen molar-refractivity contribution in [2.45, 2.75) is 13.0 Å². The number of rotatable bonds is 6. The Labute approximate surface area is 139 Å². The van der Waals surface area contributed by atoms with Gasteiger partial charge in [-0.3, -0.25) is 14.9 Å². The SMILES string of the molecule is C[C@H](Oc1cccc(Br)c1)C(=O)N/N=C\c1ccc([N+](=O)[O-])o1. The highest BCUT2D eigenvalue weighted by Crippen LogP contribution is 2.19. The maximum Gasteiger partial charge on any atom is 0.433 e. The molecule has 1 heterocycles. The first kappa shape index (κ1) is 16.7. The van der Waals surface area contributed by atoms with Crippen LogP contribution < -0.4 is 10.2 Å². The normalized spacial score (nSPS) is 12.1. The highest BCUT2D eigenvalue weighted by molar-refractivity contribution is 9.10. The lowest BCUT2D eigenvalue weighted by atomic mass is 10.3. The molecule has 0 spiro atoms. The monoisotopic (exact) mass is 381 g/mol. The van der Waals surface area contributed by atoms with E-state index in [2.05, 4.69) is 26.5 Å². The van der Waals surface area contributed by atoms with Gasteiger partial charge in [0.2, 0.25) is 0 Å². The molecule has 1 amide bonds. The van der Waals surface area contributed by atoms with Gasteiger partial charge in [0.1, 0.15) is 10.7 Å². The smallest absolute Gasteiger partial charge is 0.433 e. The summed E-state index contributed by atoms with van der Waals surface area (Å²) in [6.07, 6.45) is 0.392. The van der Waals surface area contributed by atoms with E-state index in [1.807, 2.05) is 6.07 Å². The second-order valence-corrected chi connectivity index (χ2v) is 5.30. The van der Waals surface area contributed by atoms with E-state index in [4.69, 9.17) is 9.15 Å². The molecule has 23 heavy (non-hydrogen) atoms. The van der Waals surface area contributed by atoms with Crippen molar-refractivity contribution in [1.82, 2.24) is 5.43 Å². The van der Waals surface area contributed by atoms with E-state index in [-0.39, 0.29) is 5.76 Å². The van der Waals surface area contributed by atoms with Crippen LogP contribution in [0.3, 0.4) is 0 Å². The van der Waals surface area contributed by atoms with Crippen LogP contribution in [0.15, 0.2) is 50.4 Å². The largest absolute Gasteiger partial charge is 0.481 e. The number of hydrogen-bond acceptors (Lipinski definition) is 6. The number of carbonyl (C=O) groups excluding carboxylic acids is 1. The number of benzene rings is 1. The van der Waals surface area contributed by atoms with Crippen LogP contribution in [-0.4, -0.2) is 23.1 Å². The molecule has 0 bridgehead atoms. The number of nitrogens with zero attached hydrogens (tertiary/aromatic N) is 2. The molecule has 1 N–H and O–H groups in total. The van der Waals surface area contributed by atoms with Gasteiger partial charge in [-0.05, 0) is 31.2 Å². The standard InChI is InChI=1S/C14H12BrN3O5/c1-9(22-11-4-2-3-10(15)7-11)14(19)17-16-8-12-5-6-13(23-12)18(20)21/h2-9H,1H3,(H,17,19)/b16-8-/t9-/m0/s1. The molecule has 8 nitrogen and oxygen atoms in total. The molecule has 2 aromatic rings. The lowest BCUT2D eigenvalue weighted by molar-refractivity contribution is -0.402. The zero-order valence-corrected chi connectivity index (χ0v) is 13.5. The van der Waals surface area contributed by atoms with E-state index in [0.29, 0.717) is 5.75 Å². The quantitative estimate of drug-likeness (QED) is 0.470. The summed E-state index contributed by atoms with van der Waals surface area (Å²) in [7, 11) is 0. The van der Waals surface area contributed by atoms with E-state index in [1.54, 1.807) is 25.1 Å². The van der Waals surface area contributed by atoms with Gasteiger partial charge >= 0.3 is 5.88 Å². The Hall–Kier alpha value is -2.68. The third-order valence-electron chi connectivity index (χ3n) is 2.64. The van der Waals surface area contributed by atoms with Gasteiger partial charge in [0.05, 0.1) is 12.3 Å². The third kappa shape index (κ3) is 4.92. The maximum atomic E-state index is 11.8. The van der Waals surface area contributed by atoms with Gasteiger partial charge in [-0.25, -0.2) is 5.43 Å². The second kappa shape index (κ2) is 7.54. The van der Waals surface area contributed by atoms with Crippen LogP contribution in [-0.2, 0) is 4.79 Å². The van der Waals surface area contributed by atoms with Crippen molar-refractivity contribution in [3.8, 4) is 5.75 Å². The van der Waals surface area contributed by atoms with Gasteiger partial charge in [0.25, 0.3) is 5.91 Å². The van der Waals surface area contributed by atoms with E-state index in [1.165, 1.54) is 12.1 Å². The van der Waals surface area contributed by atoms with Gasteiger partial charge in [-0.2, -0.15) is 5.10 Å². The third-order valence-corrected chi connectivity index (χ3v) is 3.13. The molecular formula is C14H12BrN3O5. The fourth-order valence-electron chi connectivity index (χ4n) is 1.56. The molecule has 1 aromatic carbocycles. The topological polar surface area (TPSA) is 107 Å². The van der Waals surface area contributed by atoms with Crippen molar-refractivity contribution >= 4 is 33.9 Å². The number of hydrogen-bond donors (Lipinski definition) is 1. The number of furan rings is 1. The molecule has 0 saturated heterocycles. The molecule has 0 aliphatic heterocycles. The average molecular weight is 382 g/mol. The van der Waals surface area contributed by atoms with E-state index >= 15 is 0 Å². The summed E-state index contributed by atoms with van der Waals surface area (Å²) in [6.45, 7) is 1.57. The summed E-state index contributed by atoms with van der Waals surface area (Å²) in [6, 6.07) is 9.64. The summed E-state index contributed by atoms with van der Waals surface area (Å²) in [5.41, 5.74) is 2.27. The molecule has 120 valence electrons. The fourth-order valence-corrected chi connectivity index (χ4v) is 1.94. The lowest BCUT2D eigenvalue weighted by Crippen LogP contribution is -2.33. The van der Waals surface area contributed by atoms with Gasteiger partial charge < -0.3 is 9.15 Å². The summed E-state index contributed by atoms with van der Waals surface area (Å²) in [4.78, 5) is 21.6. The number of halogens is 1. The first-order valence-corrected chi connectivity index (χ1v) is 7.24. The van der Waals surface area contributed by atoms with E-state index in [0.717, 1.165) is 10.7 Å². The Bertz CT molecular complexity index is 744. The van der Waals surface area contributed by atoms with Crippen molar-refractivity contribution in [3.63, 3.8) is 0 Å². The molecule has 9 heteroatoms. The van der Waals surface area contributed by atoms with Crippen molar-refractivity contribution in [2.24, 2.45) is 5.10 Å². The minimum Gasteiger partial charge on any atom is -0.481 e. The number of ether oxygens (including phenoxy) is 1. The molecule has 1 atom stereocenters. The Morgan fingerprint density at radius 3 is 2.91 bits per heavy atom. The molecule has 2 rings (SSSR count). The van der Waals surface area contributed by atoms with Crippen LogP contribution in [0.1, 0.15) is 12.7 Å². The average Bonchev–Trinajstić information content (AvgIpc) is 2.96. The number of hydrazone groups is 1. The highest BCUT2D eigenvalue weighted by Gasteiger charge is 2.14. The van der Waals surface area contributed by atoms with Crippen molar-refractivity contribution < 1.29 is 18.9 Å². The molecule has 0 radical (unpaired) electrons. The molecule has 0 unspecified atom stereocenters. The molecular weight excluding hydrogens is 370 g/mol. The maximum absolute atomic E-state index is 11.8. The van der Waals surface area contributed by atoms with Crippen LogP contribution >= 0.6 is 15.9 Å². The molecule has 1 aromatic heterocycles. The van der Waals surface area contributed by atoms with Gasteiger partial charge in [-0.15, -0.1) is 0 Å².